The van der Waals surface area contributed by atoms with Crippen LogP contribution in [0.4, 0.5) is 0 Å². The van der Waals surface area contributed by atoms with E-state index in [9.17, 15) is 10.2 Å². The number of phenols is 2. The molecular formula is C33H50N2O2. The number of hydrogen-bond acceptors (Lipinski definition) is 4. The second kappa shape index (κ2) is 12.8. The van der Waals surface area contributed by atoms with Crippen molar-refractivity contribution in [3.8, 4) is 11.5 Å². The number of benzene rings is 2. The zero-order valence-corrected chi connectivity index (χ0v) is 24.9. The van der Waals surface area contributed by atoms with Gasteiger partial charge in [-0.05, 0) is 65.2 Å². The third kappa shape index (κ3) is 9.32. The second-order valence-corrected chi connectivity index (χ2v) is 13.3. The third-order valence-electron chi connectivity index (χ3n) is 6.34. The van der Waals surface area contributed by atoms with E-state index in [1.54, 1.807) is 12.4 Å². The Morgan fingerprint density at radius 2 is 1.00 bits per heavy atom. The lowest BCUT2D eigenvalue weighted by atomic mass is 9.83. The molecule has 0 aliphatic carbocycles. The van der Waals surface area contributed by atoms with Crippen LogP contribution in [0.2, 0.25) is 0 Å². The second-order valence-electron chi connectivity index (χ2n) is 13.3. The molecule has 0 saturated carbocycles. The zero-order valence-electron chi connectivity index (χ0n) is 24.9. The maximum atomic E-state index is 10.9. The van der Waals surface area contributed by atoms with Crippen molar-refractivity contribution in [2.75, 3.05) is 13.1 Å². The lowest BCUT2D eigenvalue weighted by Gasteiger charge is -2.23. The highest BCUT2D eigenvalue weighted by Crippen LogP contribution is 2.35. The van der Waals surface area contributed by atoms with E-state index < -0.39 is 0 Å². The lowest BCUT2D eigenvalue weighted by Crippen LogP contribution is -2.13. The van der Waals surface area contributed by atoms with Crippen LogP contribution in [0.25, 0.3) is 0 Å². The molecule has 0 bridgehead atoms. The van der Waals surface area contributed by atoms with Gasteiger partial charge in [-0.3, -0.25) is 9.98 Å². The van der Waals surface area contributed by atoms with Crippen LogP contribution in [0.5, 0.6) is 11.5 Å². The van der Waals surface area contributed by atoms with Gasteiger partial charge in [0, 0.05) is 47.8 Å². The first-order valence-electron chi connectivity index (χ1n) is 13.8. The number of nitrogens with zero attached hydrogens (tertiary/aromatic N) is 2. The van der Waals surface area contributed by atoms with Crippen LogP contribution >= 0.6 is 0 Å². The molecule has 0 aliphatic heterocycles. The van der Waals surface area contributed by atoms with Gasteiger partial charge in [0.2, 0.25) is 0 Å². The monoisotopic (exact) mass is 506 g/mol. The van der Waals surface area contributed by atoms with E-state index in [1.165, 1.54) is 11.1 Å². The summed E-state index contributed by atoms with van der Waals surface area (Å²) in [7, 11) is 0. The van der Waals surface area contributed by atoms with Gasteiger partial charge in [0.25, 0.3) is 0 Å². The van der Waals surface area contributed by atoms with Gasteiger partial charge in [-0.25, -0.2) is 0 Å². The van der Waals surface area contributed by atoms with Crippen molar-refractivity contribution in [3.05, 3.63) is 57.6 Å². The molecule has 2 N–H and O–H groups in total. The summed E-state index contributed by atoms with van der Waals surface area (Å²) in [4.78, 5) is 9.19. The minimum Gasteiger partial charge on any atom is -0.507 e. The molecule has 2 aromatic carbocycles. The number of phenolic OH excluding ortho intramolecular Hbond substituents is 2. The van der Waals surface area contributed by atoms with E-state index in [2.05, 4.69) is 103 Å². The molecule has 0 saturated heterocycles. The summed E-state index contributed by atoms with van der Waals surface area (Å²) in [6.07, 6.45) is 6.34. The van der Waals surface area contributed by atoms with Crippen molar-refractivity contribution >= 4 is 12.4 Å². The average Bonchev–Trinajstić information content (AvgIpc) is 2.74. The predicted molar refractivity (Wildman–Crippen MR) is 160 cm³/mol. The van der Waals surface area contributed by atoms with Crippen LogP contribution in [-0.4, -0.2) is 35.7 Å². The van der Waals surface area contributed by atoms with E-state index in [1.807, 2.05) is 0 Å². The Labute approximate surface area is 226 Å². The van der Waals surface area contributed by atoms with E-state index in [0.29, 0.717) is 36.4 Å². The summed E-state index contributed by atoms with van der Waals surface area (Å²) >= 11 is 0. The summed E-state index contributed by atoms with van der Waals surface area (Å²) in [5.41, 5.74) is 5.69. The molecule has 0 heterocycles. The highest BCUT2D eigenvalue weighted by atomic mass is 16.3. The predicted octanol–water partition coefficient (Wildman–Crippen LogP) is 8.02. The maximum Gasteiger partial charge on any atom is 0.128 e. The van der Waals surface area contributed by atoms with Crippen LogP contribution in [0.3, 0.4) is 0 Å². The van der Waals surface area contributed by atoms with Gasteiger partial charge in [-0.2, -0.15) is 0 Å². The first-order valence-corrected chi connectivity index (χ1v) is 13.8. The van der Waals surface area contributed by atoms with E-state index in [4.69, 9.17) is 0 Å². The van der Waals surface area contributed by atoms with E-state index in [0.717, 1.165) is 41.5 Å². The molecule has 4 nitrogen and oxygen atoms in total. The van der Waals surface area contributed by atoms with Crippen LogP contribution in [0, 0.1) is 11.8 Å². The maximum absolute atomic E-state index is 10.9. The zero-order chi connectivity index (χ0) is 28.0. The highest BCUT2D eigenvalue weighted by molar-refractivity contribution is 5.85. The van der Waals surface area contributed by atoms with Gasteiger partial charge >= 0.3 is 0 Å². The first kappa shape index (κ1) is 30.6. The molecule has 0 aliphatic rings. The highest BCUT2D eigenvalue weighted by Gasteiger charge is 2.22. The van der Waals surface area contributed by atoms with Gasteiger partial charge in [-0.1, -0.05) is 81.4 Å². The van der Waals surface area contributed by atoms with Gasteiger partial charge in [0.15, 0.2) is 0 Å². The molecule has 2 aromatic rings. The molecule has 0 atom stereocenters. The molecule has 37 heavy (non-hydrogen) atoms. The lowest BCUT2D eigenvalue weighted by molar-refractivity contribution is 0.444. The Balaban J connectivity index is 2.11. The summed E-state index contributed by atoms with van der Waals surface area (Å²) < 4.78 is 0. The summed E-state index contributed by atoms with van der Waals surface area (Å²) in [6.45, 7) is 22.9. The molecule has 2 rings (SSSR count). The van der Waals surface area contributed by atoms with Crippen molar-refractivity contribution < 1.29 is 10.2 Å². The number of aromatic hydroxyl groups is 2. The molecule has 0 fully saturated rings. The van der Waals surface area contributed by atoms with Crippen LogP contribution in [-0.2, 0) is 23.7 Å². The number of aliphatic imine (C=N–C) groups is 2. The Hall–Kier alpha value is -2.62. The Morgan fingerprint density at radius 3 is 1.30 bits per heavy atom. The molecule has 204 valence electrons. The quantitative estimate of drug-likeness (QED) is 0.253. The molecular weight excluding hydrogens is 456 g/mol. The molecule has 0 unspecified atom stereocenters. The first-order chi connectivity index (χ1) is 17.1. The van der Waals surface area contributed by atoms with Gasteiger partial charge in [0.05, 0.1) is 0 Å². The molecule has 4 heteroatoms. The van der Waals surface area contributed by atoms with Crippen LogP contribution in [0.15, 0.2) is 34.3 Å². The SMILES string of the molecule is CC(C)Cc1cc(C=NCCCN=Cc2cc(CC(C)C)cc(C(C)(C)C)c2O)c(O)c(C(C)(C)C)c1. The minimum absolute atomic E-state index is 0.140. The Kier molecular flexibility index (Phi) is 10.6. The summed E-state index contributed by atoms with van der Waals surface area (Å²) in [5.74, 6) is 1.75. The minimum atomic E-state index is -0.140. The average molecular weight is 507 g/mol. The smallest absolute Gasteiger partial charge is 0.128 e. The van der Waals surface area contributed by atoms with E-state index in [-0.39, 0.29) is 10.8 Å². The normalized spacial score (nSPS) is 13.1. The third-order valence-corrected chi connectivity index (χ3v) is 6.34. The standard InChI is InChI=1S/C33H50N2O2/c1-22(2)14-24-16-26(30(36)28(18-24)32(5,6)7)20-34-12-11-13-35-21-27-17-25(15-23(3)4)19-29(31(27)37)33(8,9)10/h16-23,36-37H,11-15H2,1-10H3. The fourth-order valence-electron chi connectivity index (χ4n) is 4.54. The number of hydrogen-bond donors (Lipinski definition) is 2. The fraction of sp³-hybridized carbons (Fsp3) is 0.576. The van der Waals surface area contributed by atoms with Crippen molar-refractivity contribution in [2.24, 2.45) is 21.8 Å². The molecule has 0 radical (unpaired) electrons. The molecule has 0 amide bonds. The largest absolute Gasteiger partial charge is 0.507 e. The Morgan fingerprint density at radius 1 is 0.649 bits per heavy atom. The van der Waals surface area contributed by atoms with E-state index >= 15 is 0 Å². The van der Waals surface area contributed by atoms with Crippen molar-refractivity contribution in [1.29, 1.82) is 0 Å². The summed E-state index contributed by atoms with van der Waals surface area (Å²) in [5, 5.41) is 21.8. The van der Waals surface area contributed by atoms with Gasteiger partial charge < -0.3 is 10.2 Å². The van der Waals surface area contributed by atoms with Crippen molar-refractivity contribution in [2.45, 2.75) is 99.3 Å². The van der Waals surface area contributed by atoms with Crippen LogP contribution < -0.4 is 0 Å². The fourth-order valence-corrected chi connectivity index (χ4v) is 4.54. The molecule has 0 spiro atoms. The Bertz CT molecular complexity index is 1010. The molecule has 0 aromatic heterocycles. The number of rotatable bonds is 10. The van der Waals surface area contributed by atoms with Crippen LogP contribution in [0.1, 0.15) is 109 Å². The topological polar surface area (TPSA) is 65.2 Å². The van der Waals surface area contributed by atoms with Crippen molar-refractivity contribution in [3.63, 3.8) is 0 Å². The summed E-state index contributed by atoms with van der Waals surface area (Å²) in [6, 6.07) is 8.40. The van der Waals surface area contributed by atoms with Gasteiger partial charge in [0.1, 0.15) is 11.5 Å². The van der Waals surface area contributed by atoms with Crippen molar-refractivity contribution in [1.82, 2.24) is 0 Å². The van der Waals surface area contributed by atoms with Gasteiger partial charge in [-0.15, -0.1) is 0 Å².